The third-order valence-electron chi connectivity index (χ3n) is 4.03. The standard InChI is InChI=1S/C17H23NO3/c1-11(2)12-5-7-13(8-6-12)14-10-15(14)17(21)18-9-3-4-16(19)20/h5-8,11,14-15H,3-4,9-10H2,1-2H3,(H,18,21)(H,19,20)/t14-,15+/m1/s1. The Morgan fingerprint density at radius 2 is 1.95 bits per heavy atom. The van der Waals surface area contributed by atoms with Crippen LogP contribution in [0.3, 0.4) is 0 Å². The average Bonchev–Trinajstić information content (AvgIpc) is 3.23. The van der Waals surface area contributed by atoms with E-state index in [9.17, 15) is 9.59 Å². The van der Waals surface area contributed by atoms with Crippen molar-refractivity contribution in [2.45, 2.75) is 44.9 Å². The van der Waals surface area contributed by atoms with E-state index in [1.54, 1.807) is 0 Å². The van der Waals surface area contributed by atoms with Crippen LogP contribution in [0.15, 0.2) is 24.3 Å². The number of carbonyl (C=O) groups excluding carboxylic acids is 1. The maximum absolute atomic E-state index is 12.0. The Balaban J connectivity index is 1.78. The summed E-state index contributed by atoms with van der Waals surface area (Å²) in [4.78, 5) is 22.3. The number of nitrogens with one attached hydrogen (secondary N) is 1. The highest BCUT2D eigenvalue weighted by Gasteiger charge is 2.43. The van der Waals surface area contributed by atoms with Crippen LogP contribution in [0.2, 0.25) is 0 Å². The number of amides is 1. The summed E-state index contributed by atoms with van der Waals surface area (Å²) >= 11 is 0. The Kier molecular flexibility index (Phi) is 4.99. The fourth-order valence-electron chi connectivity index (χ4n) is 2.56. The maximum atomic E-state index is 12.0. The number of hydrogen-bond donors (Lipinski definition) is 2. The molecule has 0 unspecified atom stereocenters. The molecule has 1 aliphatic carbocycles. The molecule has 2 N–H and O–H groups in total. The van der Waals surface area contributed by atoms with Crippen LogP contribution in [0, 0.1) is 5.92 Å². The van der Waals surface area contributed by atoms with E-state index in [0.717, 1.165) is 6.42 Å². The maximum Gasteiger partial charge on any atom is 0.303 e. The highest BCUT2D eigenvalue weighted by atomic mass is 16.4. The molecule has 2 atom stereocenters. The van der Waals surface area contributed by atoms with Crippen LogP contribution in [0.4, 0.5) is 0 Å². The fourth-order valence-corrected chi connectivity index (χ4v) is 2.56. The minimum atomic E-state index is -0.821. The average molecular weight is 289 g/mol. The highest BCUT2D eigenvalue weighted by molar-refractivity contribution is 5.82. The Labute approximate surface area is 125 Å². The minimum Gasteiger partial charge on any atom is -0.481 e. The first kappa shape index (κ1) is 15.5. The minimum absolute atomic E-state index is 0.0540. The first-order chi connectivity index (χ1) is 9.99. The molecule has 0 spiro atoms. The van der Waals surface area contributed by atoms with Crippen molar-refractivity contribution in [3.63, 3.8) is 0 Å². The molecular weight excluding hydrogens is 266 g/mol. The van der Waals surface area contributed by atoms with Gasteiger partial charge in [-0.05, 0) is 35.8 Å². The lowest BCUT2D eigenvalue weighted by atomic mass is 10.00. The van der Waals surface area contributed by atoms with Crippen molar-refractivity contribution in [3.05, 3.63) is 35.4 Å². The molecular formula is C17H23NO3. The number of aliphatic carboxylic acids is 1. The van der Waals surface area contributed by atoms with E-state index in [1.807, 2.05) is 0 Å². The van der Waals surface area contributed by atoms with Gasteiger partial charge in [-0.25, -0.2) is 0 Å². The van der Waals surface area contributed by atoms with Gasteiger partial charge in [0.2, 0.25) is 5.91 Å². The summed E-state index contributed by atoms with van der Waals surface area (Å²) < 4.78 is 0. The van der Waals surface area contributed by atoms with Gasteiger partial charge in [-0.15, -0.1) is 0 Å². The number of rotatable bonds is 7. The second-order valence-corrected chi connectivity index (χ2v) is 6.06. The predicted octanol–water partition coefficient (Wildman–Crippen LogP) is 2.89. The van der Waals surface area contributed by atoms with Crippen molar-refractivity contribution >= 4 is 11.9 Å². The Morgan fingerprint density at radius 3 is 2.52 bits per heavy atom. The highest BCUT2D eigenvalue weighted by Crippen LogP contribution is 2.47. The Morgan fingerprint density at radius 1 is 1.29 bits per heavy atom. The zero-order valence-corrected chi connectivity index (χ0v) is 12.6. The smallest absolute Gasteiger partial charge is 0.303 e. The zero-order chi connectivity index (χ0) is 15.4. The molecule has 1 saturated carbocycles. The van der Waals surface area contributed by atoms with Gasteiger partial charge in [0.1, 0.15) is 0 Å². The largest absolute Gasteiger partial charge is 0.481 e. The molecule has 114 valence electrons. The SMILES string of the molecule is CC(C)c1ccc([C@H]2C[C@@H]2C(=O)NCCCC(=O)O)cc1. The van der Waals surface area contributed by atoms with Crippen molar-refractivity contribution < 1.29 is 14.7 Å². The van der Waals surface area contributed by atoms with Gasteiger partial charge in [-0.3, -0.25) is 9.59 Å². The van der Waals surface area contributed by atoms with E-state index >= 15 is 0 Å². The van der Waals surface area contributed by atoms with E-state index in [4.69, 9.17) is 5.11 Å². The quantitative estimate of drug-likeness (QED) is 0.758. The van der Waals surface area contributed by atoms with Crippen LogP contribution >= 0.6 is 0 Å². The van der Waals surface area contributed by atoms with Gasteiger partial charge < -0.3 is 10.4 Å². The van der Waals surface area contributed by atoms with Crippen LogP contribution < -0.4 is 5.32 Å². The van der Waals surface area contributed by atoms with Gasteiger partial charge in [0.05, 0.1) is 0 Å². The molecule has 2 rings (SSSR count). The molecule has 4 heteroatoms. The number of carboxylic acid groups (broad SMARTS) is 1. The lowest BCUT2D eigenvalue weighted by molar-refractivity contribution is -0.137. The van der Waals surface area contributed by atoms with Crippen molar-refractivity contribution in [3.8, 4) is 0 Å². The van der Waals surface area contributed by atoms with Gasteiger partial charge in [-0.1, -0.05) is 38.1 Å². The van der Waals surface area contributed by atoms with Gasteiger partial charge in [-0.2, -0.15) is 0 Å². The van der Waals surface area contributed by atoms with Crippen molar-refractivity contribution in [1.82, 2.24) is 5.32 Å². The summed E-state index contributed by atoms with van der Waals surface area (Å²) in [6.45, 7) is 4.78. The zero-order valence-electron chi connectivity index (χ0n) is 12.6. The number of hydrogen-bond acceptors (Lipinski definition) is 2. The van der Waals surface area contributed by atoms with Gasteiger partial charge in [0, 0.05) is 18.9 Å². The topological polar surface area (TPSA) is 66.4 Å². The Hall–Kier alpha value is -1.84. The number of carboxylic acids is 1. The second kappa shape index (κ2) is 6.74. The lowest BCUT2D eigenvalue weighted by Gasteiger charge is -2.07. The van der Waals surface area contributed by atoms with Gasteiger partial charge in [0.25, 0.3) is 0 Å². The van der Waals surface area contributed by atoms with Gasteiger partial charge >= 0.3 is 5.97 Å². The Bertz CT molecular complexity index is 507. The van der Waals surface area contributed by atoms with E-state index in [-0.39, 0.29) is 18.2 Å². The van der Waals surface area contributed by atoms with Crippen LogP contribution in [0.25, 0.3) is 0 Å². The predicted molar refractivity (Wildman–Crippen MR) is 81.3 cm³/mol. The van der Waals surface area contributed by atoms with Gasteiger partial charge in [0.15, 0.2) is 0 Å². The molecule has 4 nitrogen and oxygen atoms in total. The third-order valence-corrected chi connectivity index (χ3v) is 4.03. The second-order valence-electron chi connectivity index (χ2n) is 6.06. The molecule has 1 amide bonds. The molecule has 1 fully saturated rings. The fraction of sp³-hybridized carbons (Fsp3) is 0.529. The summed E-state index contributed by atoms with van der Waals surface area (Å²) in [7, 11) is 0. The molecule has 0 aromatic heterocycles. The van der Waals surface area contributed by atoms with Crippen molar-refractivity contribution in [2.24, 2.45) is 5.92 Å². The van der Waals surface area contributed by atoms with E-state index < -0.39 is 5.97 Å². The summed E-state index contributed by atoms with van der Waals surface area (Å²) in [5, 5.41) is 11.4. The third kappa shape index (κ3) is 4.31. The summed E-state index contributed by atoms with van der Waals surface area (Å²) in [6, 6.07) is 8.52. The first-order valence-electron chi connectivity index (χ1n) is 7.58. The molecule has 21 heavy (non-hydrogen) atoms. The van der Waals surface area contributed by atoms with Crippen LogP contribution in [-0.2, 0) is 9.59 Å². The monoisotopic (exact) mass is 289 g/mol. The van der Waals surface area contributed by atoms with E-state index in [1.165, 1.54) is 11.1 Å². The van der Waals surface area contributed by atoms with Crippen molar-refractivity contribution in [1.29, 1.82) is 0 Å². The summed E-state index contributed by atoms with van der Waals surface area (Å²) in [6.07, 6.45) is 1.48. The van der Waals surface area contributed by atoms with Crippen molar-refractivity contribution in [2.75, 3.05) is 6.54 Å². The van der Waals surface area contributed by atoms with E-state index in [2.05, 4.69) is 43.4 Å². The van der Waals surface area contributed by atoms with Crippen LogP contribution in [0.1, 0.15) is 56.1 Å². The molecule has 1 aromatic rings. The molecule has 0 bridgehead atoms. The normalized spacial score (nSPS) is 20.3. The number of benzene rings is 1. The molecule has 0 saturated heterocycles. The first-order valence-corrected chi connectivity index (χ1v) is 7.58. The van der Waals surface area contributed by atoms with Crippen LogP contribution in [-0.4, -0.2) is 23.5 Å². The molecule has 0 heterocycles. The number of carbonyl (C=O) groups is 2. The molecule has 1 aliphatic rings. The summed E-state index contributed by atoms with van der Waals surface area (Å²) in [5.74, 6) is 0.133. The van der Waals surface area contributed by atoms with E-state index in [0.29, 0.717) is 24.8 Å². The molecule has 0 aliphatic heterocycles. The molecule has 0 radical (unpaired) electrons. The lowest BCUT2D eigenvalue weighted by Crippen LogP contribution is -2.26. The summed E-state index contributed by atoms with van der Waals surface area (Å²) in [5.41, 5.74) is 2.54. The van der Waals surface area contributed by atoms with Crippen LogP contribution in [0.5, 0.6) is 0 Å². The molecule has 1 aromatic carbocycles.